The maximum atomic E-state index is 13.3. The van der Waals surface area contributed by atoms with E-state index in [1.807, 2.05) is 26.0 Å². The van der Waals surface area contributed by atoms with Crippen molar-refractivity contribution in [2.75, 3.05) is 12.4 Å². The first kappa shape index (κ1) is 23.4. The van der Waals surface area contributed by atoms with Crippen molar-refractivity contribution < 1.29 is 18.0 Å². The van der Waals surface area contributed by atoms with Gasteiger partial charge in [-0.1, -0.05) is 65.7 Å². The number of aryl methyl sites for hydroxylation is 2. The first-order valence-electron chi connectivity index (χ1n) is 10.7. The SMILES string of the molecule is Cc1ccc(S(=O)(=O)NC(C2=C(Nc3ccccc3)C(=O)N(C)C2=O)c2cccc(C)c2)cc1. The smallest absolute Gasteiger partial charge is 0.277 e. The third kappa shape index (κ3) is 4.64. The van der Waals surface area contributed by atoms with Gasteiger partial charge in [-0.25, -0.2) is 8.42 Å². The predicted octanol–water partition coefficient (Wildman–Crippen LogP) is 3.69. The van der Waals surface area contributed by atoms with E-state index >= 15 is 0 Å². The molecule has 1 aliphatic heterocycles. The Kier molecular flexibility index (Phi) is 6.37. The van der Waals surface area contributed by atoms with Crippen molar-refractivity contribution in [2.45, 2.75) is 24.8 Å². The van der Waals surface area contributed by atoms with Crippen LogP contribution in [-0.2, 0) is 19.6 Å². The molecule has 8 heteroatoms. The van der Waals surface area contributed by atoms with Gasteiger partial charge in [-0.15, -0.1) is 0 Å². The van der Waals surface area contributed by atoms with Crippen LogP contribution in [-0.4, -0.2) is 32.2 Å². The van der Waals surface area contributed by atoms with Crippen molar-refractivity contribution in [1.82, 2.24) is 9.62 Å². The van der Waals surface area contributed by atoms with Crippen LogP contribution in [0.25, 0.3) is 0 Å². The summed E-state index contributed by atoms with van der Waals surface area (Å²) >= 11 is 0. The van der Waals surface area contributed by atoms with Crippen LogP contribution in [0.4, 0.5) is 5.69 Å². The molecule has 0 saturated heterocycles. The van der Waals surface area contributed by atoms with E-state index in [0.29, 0.717) is 11.3 Å². The average molecular weight is 476 g/mol. The molecule has 3 aromatic rings. The second-order valence-corrected chi connectivity index (χ2v) is 9.94. The molecule has 3 aromatic carbocycles. The third-order valence-corrected chi connectivity index (χ3v) is 7.07. The van der Waals surface area contributed by atoms with Crippen molar-refractivity contribution in [3.8, 4) is 0 Å². The van der Waals surface area contributed by atoms with Crippen LogP contribution in [0, 0.1) is 13.8 Å². The molecule has 34 heavy (non-hydrogen) atoms. The average Bonchev–Trinajstić information content (AvgIpc) is 3.02. The van der Waals surface area contributed by atoms with Gasteiger partial charge in [-0.05, 0) is 43.7 Å². The molecule has 0 saturated carbocycles. The molecule has 1 heterocycles. The van der Waals surface area contributed by atoms with Crippen LogP contribution in [0.3, 0.4) is 0 Å². The summed E-state index contributed by atoms with van der Waals surface area (Å²) in [6.07, 6.45) is 0. The summed E-state index contributed by atoms with van der Waals surface area (Å²) in [5, 5.41) is 3.03. The molecule has 0 aromatic heterocycles. The van der Waals surface area contributed by atoms with E-state index in [-0.39, 0.29) is 16.2 Å². The van der Waals surface area contributed by atoms with Crippen molar-refractivity contribution in [1.29, 1.82) is 0 Å². The number of imide groups is 1. The van der Waals surface area contributed by atoms with Gasteiger partial charge in [0.1, 0.15) is 5.70 Å². The predicted molar refractivity (Wildman–Crippen MR) is 130 cm³/mol. The molecule has 0 aliphatic carbocycles. The first-order valence-corrected chi connectivity index (χ1v) is 12.2. The van der Waals surface area contributed by atoms with Gasteiger partial charge in [0.05, 0.1) is 16.5 Å². The summed E-state index contributed by atoms with van der Waals surface area (Å²) in [4.78, 5) is 27.3. The number of anilines is 1. The number of likely N-dealkylation sites (N-methyl/N-ethyl adjacent to an activating group) is 1. The molecule has 0 radical (unpaired) electrons. The van der Waals surface area contributed by atoms with Gasteiger partial charge < -0.3 is 5.32 Å². The topological polar surface area (TPSA) is 95.6 Å². The molecule has 0 fully saturated rings. The largest absolute Gasteiger partial charge is 0.351 e. The summed E-state index contributed by atoms with van der Waals surface area (Å²) in [7, 11) is -2.64. The monoisotopic (exact) mass is 475 g/mol. The van der Waals surface area contributed by atoms with Crippen molar-refractivity contribution in [3.63, 3.8) is 0 Å². The molecule has 1 unspecified atom stereocenters. The summed E-state index contributed by atoms with van der Waals surface area (Å²) in [6.45, 7) is 3.74. The number of nitrogens with zero attached hydrogens (tertiary/aromatic N) is 1. The molecule has 0 spiro atoms. The lowest BCUT2D eigenvalue weighted by Crippen LogP contribution is -2.34. The molecule has 1 aliphatic rings. The molecule has 1 atom stereocenters. The Morgan fingerprint density at radius 1 is 0.794 bits per heavy atom. The number of rotatable bonds is 7. The van der Waals surface area contributed by atoms with Crippen molar-refractivity contribution in [3.05, 3.63) is 107 Å². The molecule has 174 valence electrons. The van der Waals surface area contributed by atoms with E-state index in [4.69, 9.17) is 0 Å². The summed E-state index contributed by atoms with van der Waals surface area (Å²) in [5.41, 5.74) is 3.05. The summed E-state index contributed by atoms with van der Waals surface area (Å²) < 4.78 is 29.4. The molecule has 4 rings (SSSR count). The maximum Gasteiger partial charge on any atom is 0.277 e. The number of amides is 2. The number of sulfonamides is 1. The van der Waals surface area contributed by atoms with E-state index in [0.717, 1.165) is 16.0 Å². The molecular formula is C26H25N3O4S. The number of para-hydroxylation sites is 1. The number of benzene rings is 3. The number of carbonyl (C=O) groups is 2. The van der Waals surface area contributed by atoms with Crippen LogP contribution >= 0.6 is 0 Å². The van der Waals surface area contributed by atoms with Crippen LogP contribution in [0.15, 0.2) is 95.0 Å². The van der Waals surface area contributed by atoms with Gasteiger partial charge in [-0.3, -0.25) is 14.5 Å². The minimum absolute atomic E-state index is 0.0387. The van der Waals surface area contributed by atoms with E-state index in [9.17, 15) is 18.0 Å². The molecular weight excluding hydrogens is 450 g/mol. The van der Waals surface area contributed by atoms with Crippen molar-refractivity contribution >= 4 is 27.5 Å². The van der Waals surface area contributed by atoms with E-state index in [2.05, 4.69) is 10.0 Å². The van der Waals surface area contributed by atoms with Gasteiger partial charge in [-0.2, -0.15) is 4.72 Å². The molecule has 7 nitrogen and oxygen atoms in total. The highest BCUT2D eigenvalue weighted by molar-refractivity contribution is 7.89. The molecule has 0 bridgehead atoms. The third-order valence-electron chi connectivity index (χ3n) is 5.63. The zero-order valence-electron chi connectivity index (χ0n) is 19.1. The Bertz CT molecular complexity index is 1380. The Hall–Kier alpha value is -3.75. The van der Waals surface area contributed by atoms with Crippen molar-refractivity contribution in [2.24, 2.45) is 0 Å². The fourth-order valence-electron chi connectivity index (χ4n) is 3.80. The number of nitrogens with one attached hydrogen (secondary N) is 2. The summed E-state index contributed by atoms with van der Waals surface area (Å²) in [6, 6.07) is 21.5. The van der Waals surface area contributed by atoms with Crippen LogP contribution in [0.5, 0.6) is 0 Å². The number of hydrogen-bond acceptors (Lipinski definition) is 5. The van der Waals surface area contributed by atoms with Crippen LogP contribution < -0.4 is 10.0 Å². The normalized spacial score (nSPS) is 15.1. The second-order valence-electron chi connectivity index (χ2n) is 8.23. The van der Waals surface area contributed by atoms with Gasteiger partial charge in [0, 0.05) is 12.7 Å². The Morgan fingerprint density at radius 2 is 1.47 bits per heavy atom. The lowest BCUT2D eigenvalue weighted by molar-refractivity contribution is -0.136. The minimum atomic E-state index is -4.02. The summed E-state index contributed by atoms with van der Waals surface area (Å²) in [5.74, 6) is -1.10. The fraction of sp³-hybridized carbons (Fsp3) is 0.154. The minimum Gasteiger partial charge on any atom is -0.351 e. The number of hydrogen-bond donors (Lipinski definition) is 2. The highest BCUT2D eigenvalue weighted by atomic mass is 32.2. The van der Waals surface area contributed by atoms with Gasteiger partial charge in [0.25, 0.3) is 11.8 Å². The van der Waals surface area contributed by atoms with E-state index < -0.39 is 27.9 Å². The number of carbonyl (C=O) groups excluding carboxylic acids is 2. The Balaban J connectivity index is 1.86. The maximum absolute atomic E-state index is 13.3. The quantitative estimate of drug-likeness (QED) is 0.508. The zero-order chi connectivity index (χ0) is 24.5. The molecule has 2 amide bonds. The van der Waals surface area contributed by atoms with Crippen LogP contribution in [0.2, 0.25) is 0 Å². The zero-order valence-corrected chi connectivity index (χ0v) is 19.9. The Labute approximate surface area is 199 Å². The standard InChI is InChI=1S/C26H25N3O4S/c1-17-12-14-21(15-13-17)34(32,33)28-23(19-9-7-8-18(2)16-19)22-24(26(31)29(3)25(22)30)27-20-10-5-4-6-11-20/h4-16,23,27-28H,1-3H3. The van der Waals surface area contributed by atoms with Gasteiger partial charge in [0.15, 0.2) is 0 Å². The van der Waals surface area contributed by atoms with E-state index in [1.165, 1.54) is 19.2 Å². The lowest BCUT2D eigenvalue weighted by atomic mass is 9.97. The highest BCUT2D eigenvalue weighted by Gasteiger charge is 2.42. The first-order chi connectivity index (χ1) is 16.2. The fourth-order valence-corrected chi connectivity index (χ4v) is 5.00. The van der Waals surface area contributed by atoms with Gasteiger partial charge >= 0.3 is 0 Å². The Morgan fingerprint density at radius 3 is 2.12 bits per heavy atom. The van der Waals surface area contributed by atoms with Gasteiger partial charge in [0.2, 0.25) is 10.0 Å². The molecule has 2 N–H and O–H groups in total. The van der Waals surface area contributed by atoms with Crippen LogP contribution in [0.1, 0.15) is 22.7 Å². The van der Waals surface area contributed by atoms with E-state index in [1.54, 1.807) is 54.6 Å². The highest BCUT2D eigenvalue weighted by Crippen LogP contribution is 2.33. The lowest BCUT2D eigenvalue weighted by Gasteiger charge is -2.21. The second kappa shape index (κ2) is 9.24.